The van der Waals surface area contributed by atoms with E-state index in [0.717, 1.165) is 7.11 Å². The Hall–Kier alpha value is -3.75. The van der Waals surface area contributed by atoms with Crippen LogP contribution in [0.4, 0.5) is 9.59 Å². The largest absolute Gasteiger partial charge is 0.508 e. The molecule has 0 spiro atoms. The molecule has 2 amide bonds. The first kappa shape index (κ1) is 26.5. The first-order valence-electron chi connectivity index (χ1n) is 10.5. The van der Waals surface area contributed by atoms with Gasteiger partial charge >= 0.3 is 18.2 Å². The second-order valence-electron chi connectivity index (χ2n) is 7.42. The molecular formula is C19H30N6O9. The number of ether oxygens (including phenoxy) is 5. The summed E-state index contributed by atoms with van der Waals surface area (Å²) in [7, 11) is 1.13. The summed E-state index contributed by atoms with van der Waals surface area (Å²) in [5.74, 6) is -2.12. The van der Waals surface area contributed by atoms with E-state index in [1.54, 1.807) is 0 Å². The van der Waals surface area contributed by atoms with Crippen molar-refractivity contribution >= 4 is 30.1 Å². The highest BCUT2D eigenvalue weighted by Gasteiger charge is 2.50. The second kappa shape index (κ2) is 12.5. The summed E-state index contributed by atoms with van der Waals surface area (Å²) >= 11 is 0. The zero-order valence-corrected chi connectivity index (χ0v) is 18.8. The molecule has 15 nitrogen and oxygen atoms in total. The van der Waals surface area contributed by atoms with Gasteiger partial charge in [-0.15, -0.1) is 0 Å². The zero-order valence-electron chi connectivity index (χ0n) is 18.8. The van der Waals surface area contributed by atoms with Gasteiger partial charge in [-0.25, -0.2) is 14.4 Å². The number of methoxy groups -OCH3 is 1. The van der Waals surface area contributed by atoms with E-state index in [0.29, 0.717) is 19.4 Å². The van der Waals surface area contributed by atoms with Crippen molar-refractivity contribution in [2.75, 3.05) is 26.8 Å². The minimum atomic E-state index is -1.34. The molecule has 0 bridgehead atoms. The lowest BCUT2D eigenvalue weighted by molar-refractivity contribution is -0.147. The van der Waals surface area contributed by atoms with Gasteiger partial charge in [0.25, 0.3) is 0 Å². The number of unbranched alkanes of at least 4 members (excludes halogenated alkanes) is 1. The molecule has 0 aromatic carbocycles. The van der Waals surface area contributed by atoms with Crippen LogP contribution in [0.5, 0.6) is 0 Å². The van der Waals surface area contributed by atoms with Crippen LogP contribution in [-0.2, 0) is 33.3 Å². The number of hydrogen-bond donors (Lipinski definition) is 6. The lowest BCUT2D eigenvalue weighted by atomic mass is 9.91. The van der Waals surface area contributed by atoms with Gasteiger partial charge in [0.05, 0.1) is 19.2 Å². The molecule has 2 aliphatic heterocycles. The first-order valence-corrected chi connectivity index (χ1v) is 10.5. The number of guanidine groups is 1. The van der Waals surface area contributed by atoms with Crippen molar-refractivity contribution in [2.45, 2.75) is 50.2 Å². The number of cyclic esters (lactones) is 2. The van der Waals surface area contributed by atoms with Gasteiger partial charge in [0.2, 0.25) is 11.7 Å². The molecule has 0 aromatic rings. The smallest absolute Gasteiger partial charge is 0.477 e. The van der Waals surface area contributed by atoms with Crippen LogP contribution in [0, 0.1) is 5.41 Å². The quantitative estimate of drug-likeness (QED) is 0.0659. The molecule has 34 heavy (non-hydrogen) atoms. The van der Waals surface area contributed by atoms with Gasteiger partial charge in [-0.3, -0.25) is 10.2 Å². The third-order valence-corrected chi connectivity index (χ3v) is 4.86. The number of nitrogens with one attached hydrogen (secondary N) is 4. The van der Waals surface area contributed by atoms with Crippen molar-refractivity contribution in [1.82, 2.24) is 16.0 Å². The molecule has 0 aliphatic carbocycles. The van der Waals surface area contributed by atoms with E-state index in [4.69, 9.17) is 40.6 Å². The summed E-state index contributed by atoms with van der Waals surface area (Å²) in [6.45, 7) is 1.68. The van der Waals surface area contributed by atoms with Crippen LogP contribution in [0.25, 0.3) is 0 Å². The first-order chi connectivity index (χ1) is 16.2. The highest BCUT2D eigenvalue weighted by atomic mass is 16.8. The van der Waals surface area contributed by atoms with Gasteiger partial charge in [-0.05, 0) is 25.5 Å². The Labute approximate surface area is 195 Å². The van der Waals surface area contributed by atoms with Crippen molar-refractivity contribution in [1.29, 1.82) is 5.41 Å². The average Bonchev–Trinajstić information content (AvgIpc) is 3.21. The predicted molar refractivity (Wildman–Crippen MR) is 114 cm³/mol. The third-order valence-electron chi connectivity index (χ3n) is 4.86. The molecule has 2 heterocycles. The fourth-order valence-electron chi connectivity index (χ4n) is 3.42. The van der Waals surface area contributed by atoms with Crippen molar-refractivity contribution in [3.63, 3.8) is 0 Å². The monoisotopic (exact) mass is 486 g/mol. The SMILES string of the molecule is COC(=O)C1=C[C@H](NC(=N)N)[C@@H](NC(C)=O)[C@H]([C@H](OC(=O)NCCCCN)[C@H]2COC(=O)O2)O1. The second-order valence-corrected chi connectivity index (χ2v) is 7.42. The average molecular weight is 486 g/mol. The highest BCUT2D eigenvalue weighted by molar-refractivity contribution is 5.87. The highest BCUT2D eigenvalue weighted by Crippen LogP contribution is 2.28. The van der Waals surface area contributed by atoms with Crippen molar-refractivity contribution in [3.05, 3.63) is 11.8 Å². The fraction of sp³-hybridized carbons (Fsp3) is 0.632. The van der Waals surface area contributed by atoms with Gasteiger partial charge in [0, 0.05) is 13.5 Å². The van der Waals surface area contributed by atoms with Crippen molar-refractivity contribution < 1.29 is 42.9 Å². The van der Waals surface area contributed by atoms with Crippen LogP contribution >= 0.6 is 0 Å². The number of esters is 1. The number of nitrogens with two attached hydrogens (primary N) is 2. The maximum absolute atomic E-state index is 12.5. The summed E-state index contributed by atoms with van der Waals surface area (Å²) in [6, 6.07) is -1.98. The number of carbonyl (C=O) groups is 4. The normalized spacial score (nSPS) is 24.3. The van der Waals surface area contributed by atoms with E-state index < -0.39 is 60.5 Å². The lowest BCUT2D eigenvalue weighted by Crippen LogP contribution is -2.64. The molecule has 15 heteroatoms. The Kier molecular flexibility index (Phi) is 9.73. The van der Waals surface area contributed by atoms with E-state index in [-0.39, 0.29) is 18.9 Å². The molecule has 0 saturated carbocycles. The Bertz CT molecular complexity index is 820. The molecule has 0 unspecified atom stereocenters. The van der Waals surface area contributed by atoms with E-state index >= 15 is 0 Å². The minimum absolute atomic E-state index is 0.270. The Morgan fingerprint density at radius 2 is 2.00 bits per heavy atom. The summed E-state index contributed by atoms with van der Waals surface area (Å²) in [5, 5.41) is 15.4. The van der Waals surface area contributed by atoms with Gasteiger partial charge in [0.15, 0.2) is 24.3 Å². The van der Waals surface area contributed by atoms with Crippen LogP contribution in [0.15, 0.2) is 11.8 Å². The fourth-order valence-corrected chi connectivity index (χ4v) is 3.42. The van der Waals surface area contributed by atoms with Crippen LogP contribution in [0.1, 0.15) is 19.8 Å². The van der Waals surface area contributed by atoms with E-state index in [1.165, 1.54) is 13.0 Å². The Balaban J connectivity index is 2.39. The molecular weight excluding hydrogens is 456 g/mol. The van der Waals surface area contributed by atoms with Crippen LogP contribution in [-0.4, -0.2) is 87.3 Å². The third kappa shape index (κ3) is 7.40. The van der Waals surface area contributed by atoms with E-state index in [2.05, 4.69) is 16.0 Å². The lowest BCUT2D eigenvalue weighted by Gasteiger charge is -2.41. The van der Waals surface area contributed by atoms with Gasteiger partial charge in [-0.2, -0.15) is 0 Å². The molecule has 1 fully saturated rings. The molecule has 8 N–H and O–H groups in total. The molecule has 5 atom stereocenters. The molecule has 0 aromatic heterocycles. The van der Waals surface area contributed by atoms with Gasteiger partial charge < -0.3 is 51.1 Å². The number of rotatable bonds is 10. The van der Waals surface area contributed by atoms with Crippen LogP contribution in [0.2, 0.25) is 0 Å². The van der Waals surface area contributed by atoms with Crippen molar-refractivity contribution in [3.8, 4) is 0 Å². The Morgan fingerprint density at radius 1 is 1.26 bits per heavy atom. The molecule has 2 rings (SSSR count). The summed E-state index contributed by atoms with van der Waals surface area (Å²) in [5.41, 5.74) is 10.9. The maximum atomic E-state index is 12.5. The number of alkyl carbamates (subject to hydrolysis) is 1. The van der Waals surface area contributed by atoms with Gasteiger partial charge in [0.1, 0.15) is 6.61 Å². The van der Waals surface area contributed by atoms with E-state index in [1.807, 2.05) is 0 Å². The number of carbonyl (C=O) groups excluding carboxylic acids is 4. The summed E-state index contributed by atoms with van der Waals surface area (Å²) in [6.07, 6.45) is -3.05. The molecule has 190 valence electrons. The standard InChI is InChI=1S/C19H30N6O9/c1-9(26)24-13-10(25-17(21)22)7-11(16(27)30-2)32-15(13)14(12-8-31-19(29)33-12)34-18(28)23-6-4-3-5-20/h7,10,12-15H,3-6,8,20H2,1-2H3,(H,23,28)(H,24,26)(H4,21,22,25)/t10-,12+,13+,14+,15+/m0/s1. The van der Waals surface area contributed by atoms with Gasteiger partial charge in [-0.1, -0.05) is 0 Å². The number of amides is 2. The van der Waals surface area contributed by atoms with Crippen LogP contribution < -0.4 is 27.4 Å². The molecule has 2 aliphatic rings. The number of hydrogen-bond acceptors (Lipinski definition) is 11. The minimum Gasteiger partial charge on any atom is -0.477 e. The Morgan fingerprint density at radius 3 is 2.56 bits per heavy atom. The zero-order chi connectivity index (χ0) is 25.3. The topological polar surface area (TPSA) is 226 Å². The summed E-state index contributed by atoms with van der Waals surface area (Å²) < 4.78 is 26.0. The van der Waals surface area contributed by atoms with Crippen LogP contribution in [0.3, 0.4) is 0 Å². The van der Waals surface area contributed by atoms with E-state index in [9.17, 15) is 19.2 Å². The molecule has 0 radical (unpaired) electrons. The maximum Gasteiger partial charge on any atom is 0.508 e. The molecule has 1 saturated heterocycles. The predicted octanol–water partition coefficient (Wildman–Crippen LogP) is -1.83. The summed E-state index contributed by atoms with van der Waals surface area (Å²) in [4.78, 5) is 48.3. The van der Waals surface area contributed by atoms with Crippen molar-refractivity contribution in [2.24, 2.45) is 11.5 Å².